The third-order valence-electron chi connectivity index (χ3n) is 5.15. The van der Waals surface area contributed by atoms with Gasteiger partial charge in [0.15, 0.2) is 0 Å². The maximum absolute atomic E-state index is 3.61. The van der Waals surface area contributed by atoms with Crippen molar-refractivity contribution in [2.75, 3.05) is 73.2 Å². The molecule has 1 N–H and O–H groups in total. The van der Waals surface area contributed by atoms with Crippen LogP contribution in [0.15, 0.2) is 48.5 Å². The number of nitrogens with one attached hydrogen (secondary N) is 1. The molecular weight excluding hydrogens is 310 g/mol. The number of hydrogen-bond donors (Lipinski definition) is 1. The minimum Gasteiger partial charge on any atom is -0.355 e. The molecule has 0 aliphatic carbocycles. The van der Waals surface area contributed by atoms with Crippen LogP contribution in [0.5, 0.6) is 0 Å². The van der Waals surface area contributed by atoms with E-state index >= 15 is 0 Å². The first kappa shape index (κ1) is 16.1. The molecule has 0 bridgehead atoms. The van der Waals surface area contributed by atoms with Gasteiger partial charge >= 0.3 is 0 Å². The van der Waals surface area contributed by atoms with Crippen LogP contribution in [0.4, 0.5) is 22.7 Å². The minimum atomic E-state index is 0.978. The average molecular weight is 337 g/mol. The van der Waals surface area contributed by atoms with E-state index in [2.05, 4.69) is 87.5 Å². The van der Waals surface area contributed by atoms with E-state index in [1.807, 2.05) is 0 Å². The van der Waals surface area contributed by atoms with Gasteiger partial charge in [-0.2, -0.15) is 0 Å². The first-order valence-corrected chi connectivity index (χ1v) is 9.05. The largest absolute Gasteiger partial charge is 0.355 e. The Morgan fingerprint density at radius 1 is 0.680 bits per heavy atom. The van der Waals surface area contributed by atoms with Gasteiger partial charge in [-0.15, -0.1) is 0 Å². The van der Waals surface area contributed by atoms with Crippen molar-refractivity contribution in [1.82, 2.24) is 5.32 Å². The van der Waals surface area contributed by atoms with Crippen LogP contribution in [-0.2, 0) is 0 Å². The standard InChI is InChI=1S/C20H27N5/c1-22-15-24(19-9-5-3-7-17(19)22)13-11-21-12-14-25-16-23(2)18-8-4-6-10-20(18)25/h3-10,21H,11-16H2,1-2H3. The minimum absolute atomic E-state index is 0.978. The molecule has 0 fully saturated rings. The Hall–Kier alpha value is -2.40. The monoisotopic (exact) mass is 337 g/mol. The smallest absolute Gasteiger partial charge is 0.0901 e. The molecule has 2 aromatic rings. The van der Waals surface area contributed by atoms with Crippen molar-refractivity contribution in [3.63, 3.8) is 0 Å². The highest BCUT2D eigenvalue weighted by Crippen LogP contribution is 2.34. The zero-order chi connectivity index (χ0) is 17.2. The molecule has 0 amide bonds. The van der Waals surface area contributed by atoms with Crippen LogP contribution >= 0.6 is 0 Å². The first-order chi connectivity index (χ1) is 12.2. The normalized spacial score (nSPS) is 15.8. The molecule has 132 valence electrons. The number of anilines is 4. The average Bonchev–Trinajstić information content (AvgIpc) is 3.13. The zero-order valence-electron chi connectivity index (χ0n) is 15.2. The van der Waals surface area contributed by atoms with Crippen molar-refractivity contribution in [3.8, 4) is 0 Å². The Kier molecular flexibility index (Phi) is 4.40. The van der Waals surface area contributed by atoms with Crippen LogP contribution in [0, 0.1) is 0 Å². The molecule has 4 rings (SSSR count). The summed E-state index contributed by atoms with van der Waals surface area (Å²) in [4.78, 5) is 9.52. The highest BCUT2D eigenvalue weighted by atomic mass is 15.4. The first-order valence-electron chi connectivity index (χ1n) is 9.05. The van der Waals surface area contributed by atoms with E-state index in [0.29, 0.717) is 0 Å². The van der Waals surface area contributed by atoms with Crippen LogP contribution < -0.4 is 24.9 Å². The van der Waals surface area contributed by atoms with Crippen molar-refractivity contribution in [2.24, 2.45) is 0 Å². The topological polar surface area (TPSA) is 25.0 Å². The van der Waals surface area contributed by atoms with Gasteiger partial charge in [0.2, 0.25) is 0 Å². The predicted octanol–water partition coefficient (Wildman–Crippen LogP) is 2.40. The van der Waals surface area contributed by atoms with Crippen LogP contribution in [0.2, 0.25) is 0 Å². The van der Waals surface area contributed by atoms with E-state index in [-0.39, 0.29) is 0 Å². The molecule has 2 aromatic carbocycles. The van der Waals surface area contributed by atoms with Crippen molar-refractivity contribution in [3.05, 3.63) is 48.5 Å². The summed E-state index contributed by atoms with van der Waals surface area (Å²) in [6.07, 6.45) is 0. The highest BCUT2D eigenvalue weighted by Gasteiger charge is 2.23. The van der Waals surface area contributed by atoms with Gasteiger partial charge in [0.25, 0.3) is 0 Å². The van der Waals surface area contributed by atoms with Gasteiger partial charge in [0, 0.05) is 40.3 Å². The molecule has 2 heterocycles. The Bertz CT molecular complexity index is 670. The van der Waals surface area contributed by atoms with Gasteiger partial charge in [-0.3, -0.25) is 0 Å². The molecule has 2 aliphatic rings. The van der Waals surface area contributed by atoms with Crippen LogP contribution in [0.25, 0.3) is 0 Å². The number of para-hydroxylation sites is 4. The van der Waals surface area contributed by atoms with E-state index in [0.717, 1.165) is 39.5 Å². The quantitative estimate of drug-likeness (QED) is 0.816. The summed E-state index contributed by atoms with van der Waals surface area (Å²) in [5.74, 6) is 0. The van der Waals surface area contributed by atoms with Crippen molar-refractivity contribution in [2.45, 2.75) is 0 Å². The molecule has 0 unspecified atom stereocenters. The lowest BCUT2D eigenvalue weighted by Gasteiger charge is -2.21. The van der Waals surface area contributed by atoms with Gasteiger partial charge in [-0.05, 0) is 24.3 Å². The molecule has 5 nitrogen and oxygen atoms in total. The number of fused-ring (bicyclic) bond motifs is 2. The number of nitrogens with zero attached hydrogens (tertiary/aromatic N) is 4. The molecule has 0 saturated heterocycles. The number of rotatable bonds is 6. The molecule has 0 aromatic heterocycles. The lowest BCUT2D eigenvalue weighted by atomic mass is 10.2. The second-order valence-electron chi connectivity index (χ2n) is 6.93. The molecule has 0 spiro atoms. The van der Waals surface area contributed by atoms with Crippen LogP contribution in [0.3, 0.4) is 0 Å². The van der Waals surface area contributed by atoms with Gasteiger partial charge < -0.3 is 24.9 Å². The molecule has 0 saturated carbocycles. The fourth-order valence-electron chi connectivity index (χ4n) is 3.86. The summed E-state index contributed by atoms with van der Waals surface area (Å²) in [5, 5.41) is 3.61. The zero-order valence-corrected chi connectivity index (χ0v) is 15.2. The van der Waals surface area contributed by atoms with Crippen LogP contribution in [0.1, 0.15) is 0 Å². The highest BCUT2D eigenvalue weighted by molar-refractivity contribution is 5.76. The molecule has 25 heavy (non-hydrogen) atoms. The fraction of sp³-hybridized carbons (Fsp3) is 0.400. The van der Waals surface area contributed by atoms with Crippen molar-refractivity contribution >= 4 is 22.7 Å². The molecule has 2 aliphatic heterocycles. The lowest BCUT2D eigenvalue weighted by molar-refractivity contribution is 0.649. The van der Waals surface area contributed by atoms with Gasteiger partial charge in [0.1, 0.15) is 0 Å². The van der Waals surface area contributed by atoms with Crippen molar-refractivity contribution < 1.29 is 0 Å². The summed E-state index contributed by atoms with van der Waals surface area (Å²) in [6.45, 7) is 6.05. The van der Waals surface area contributed by atoms with E-state index in [9.17, 15) is 0 Å². The third kappa shape index (κ3) is 3.12. The second-order valence-corrected chi connectivity index (χ2v) is 6.93. The van der Waals surface area contributed by atoms with Gasteiger partial charge in [0.05, 0.1) is 36.1 Å². The lowest BCUT2D eigenvalue weighted by Crippen LogP contribution is -2.38. The Morgan fingerprint density at radius 2 is 1.08 bits per heavy atom. The summed E-state index contributed by atoms with van der Waals surface area (Å²) in [7, 11) is 4.32. The molecule has 0 atom stereocenters. The van der Waals surface area contributed by atoms with E-state index in [4.69, 9.17) is 0 Å². The summed E-state index contributed by atoms with van der Waals surface area (Å²) >= 11 is 0. The Balaban J connectivity index is 1.24. The summed E-state index contributed by atoms with van der Waals surface area (Å²) in [5.41, 5.74) is 5.36. The molecular formula is C20H27N5. The van der Waals surface area contributed by atoms with Crippen molar-refractivity contribution in [1.29, 1.82) is 0 Å². The molecule has 5 heteroatoms. The summed E-state index contributed by atoms with van der Waals surface area (Å²) < 4.78 is 0. The van der Waals surface area contributed by atoms with E-state index in [1.54, 1.807) is 0 Å². The second kappa shape index (κ2) is 6.84. The van der Waals surface area contributed by atoms with E-state index in [1.165, 1.54) is 22.7 Å². The maximum atomic E-state index is 3.61. The fourth-order valence-corrected chi connectivity index (χ4v) is 3.86. The number of benzene rings is 2. The van der Waals surface area contributed by atoms with Gasteiger partial charge in [-0.1, -0.05) is 24.3 Å². The maximum Gasteiger partial charge on any atom is 0.0901 e. The van der Waals surface area contributed by atoms with Crippen LogP contribution in [-0.4, -0.2) is 53.6 Å². The van der Waals surface area contributed by atoms with E-state index < -0.39 is 0 Å². The third-order valence-corrected chi connectivity index (χ3v) is 5.15. The SMILES string of the molecule is CN1CN(CCNCCN2CN(C)c3ccccc32)c2ccccc21. The predicted molar refractivity (Wildman–Crippen MR) is 107 cm³/mol. The number of hydrogen-bond acceptors (Lipinski definition) is 5. The van der Waals surface area contributed by atoms with Gasteiger partial charge in [-0.25, -0.2) is 0 Å². The summed E-state index contributed by atoms with van der Waals surface area (Å²) in [6, 6.07) is 17.3. The Labute approximate surface area is 150 Å². The molecule has 0 radical (unpaired) electrons. The Morgan fingerprint density at radius 3 is 1.52 bits per heavy atom.